The monoisotopic (exact) mass is 435 g/mol. The largest absolute Gasteiger partial charge is 0.425 e. The van der Waals surface area contributed by atoms with E-state index >= 15 is 0 Å². The predicted octanol–water partition coefficient (Wildman–Crippen LogP) is 5.46. The summed E-state index contributed by atoms with van der Waals surface area (Å²) in [5.41, 5.74) is 2.34. The van der Waals surface area contributed by atoms with Gasteiger partial charge in [-0.25, -0.2) is 4.39 Å². The molecule has 0 radical (unpaired) electrons. The minimum Gasteiger partial charge on any atom is -0.425 e. The standard InChI is InChI=1S/C26H30FN3O2/c27-22-15-13-21(14-16-22)23-11-6-7-19-30(23)26(31)18-17-25-29-28-24(32-25)12-5-4-10-20-8-2-1-3-9-20/h1-3,8-9,13-16,23H,4-7,10-12,17-19H2/t23-/m0/s1. The number of hydrogen-bond donors (Lipinski definition) is 0. The van der Waals surface area contributed by atoms with Gasteiger partial charge in [-0.3, -0.25) is 4.79 Å². The molecule has 4 rings (SSSR count). The number of carbonyl (C=O) groups excluding carboxylic acids is 1. The van der Waals surface area contributed by atoms with Crippen LogP contribution in [0.15, 0.2) is 59.0 Å². The predicted molar refractivity (Wildman–Crippen MR) is 120 cm³/mol. The number of nitrogens with zero attached hydrogens (tertiary/aromatic N) is 3. The number of amides is 1. The molecule has 1 aliphatic heterocycles. The average Bonchev–Trinajstić information content (AvgIpc) is 3.29. The lowest BCUT2D eigenvalue weighted by Gasteiger charge is -2.36. The van der Waals surface area contributed by atoms with Crippen molar-refractivity contribution in [3.63, 3.8) is 0 Å². The molecule has 6 heteroatoms. The molecule has 5 nitrogen and oxygen atoms in total. The van der Waals surface area contributed by atoms with Crippen LogP contribution < -0.4 is 0 Å². The van der Waals surface area contributed by atoms with E-state index in [4.69, 9.17) is 4.42 Å². The average molecular weight is 436 g/mol. The highest BCUT2D eigenvalue weighted by Gasteiger charge is 2.28. The molecule has 2 aromatic carbocycles. The van der Waals surface area contributed by atoms with Crippen molar-refractivity contribution < 1.29 is 13.6 Å². The molecule has 1 aliphatic rings. The molecular formula is C26H30FN3O2. The molecule has 1 amide bonds. The van der Waals surface area contributed by atoms with Crippen LogP contribution in [-0.2, 0) is 24.1 Å². The third kappa shape index (κ3) is 6.02. The lowest BCUT2D eigenvalue weighted by molar-refractivity contribution is -0.135. The van der Waals surface area contributed by atoms with E-state index in [1.165, 1.54) is 17.7 Å². The van der Waals surface area contributed by atoms with Gasteiger partial charge in [0.25, 0.3) is 0 Å². The highest BCUT2D eigenvalue weighted by atomic mass is 19.1. The molecule has 1 atom stereocenters. The summed E-state index contributed by atoms with van der Waals surface area (Å²) in [7, 11) is 0. The van der Waals surface area contributed by atoms with E-state index in [9.17, 15) is 9.18 Å². The summed E-state index contributed by atoms with van der Waals surface area (Å²) in [5, 5.41) is 8.27. The SMILES string of the molecule is O=C(CCc1nnc(CCCCc2ccccc2)o1)N1CCCC[C@H]1c1ccc(F)cc1. The maximum Gasteiger partial charge on any atom is 0.223 e. The number of likely N-dealkylation sites (tertiary alicyclic amines) is 1. The number of rotatable bonds is 9. The summed E-state index contributed by atoms with van der Waals surface area (Å²) < 4.78 is 19.1. The topological polar surface area (TPSA) is 59.2 Å². The van der Waals surface area contributed by atoms with Gasteiger partial charge in [-0.15, -0.1) is 10.2 Å². The number of unbranched alkanes of at least 4 members (excludes halogenated alkanes) is 1. The first-order valence-electron chi connectivity index (χ1n) is 11.6. The van der Waals surface area contributed by atoms with Gasteiger partial charge in [0.15, 0.2) is 0 Å². The number of aromatic nitrogens is 2. The summed E-state index contributed by atoms with van der Waals surface area (Å²) in [5.74, 6) is 0.991. The van der Waals surface area contributed by atoms with Crippen molar-refractivity contribution in [1.29, 1.82) is 0 Å². The van der Waals surface area contributed by atoms with Gasteiger partial charge in [-0.05, 0) is 61.8 Å². The van der Waals surface area contributed by atoms with Crippen LogP contribution in [0.5, 0.6) is 0 Å². The molecule has 3 aromatic rings. The Kier molecular flexibility index (Phi) is 7.64. The first-order valence-corrected chi connectivity index (χ1v) is 11.6. The molecule has 168 valence electrons. The molecule has 32 heavy (non-hydrogen) atoms. The van der Waals surface area contributed by atoms with Crippen LogP contribution in [0, 0.1) is 5.82 Å². The third-order valence-electron chi connectivity index (χ3n) is 6.09. The summed E-state index contributed by atoms with van der Waals surface area (Å²) in [4.78, 5) is 14.9. The molecule has 1 fully saturated rings. The van der Waals surface area contributed by atoms with Gasteiger partial charge >= 0.3 is 0 Å². The van der Waals surface area contributed by atoms with Crippen molar-refractivity contribution in [2.75, 3.05) is 6.54 Å². The second-order valence-corrected chi connectivity index (χ2v) is 8.43. The number of piperidine rings is 1. The van der Waals surface area contributed by atoms with Gasteiger partial charge in [-0.2, -0.15) is 0 Å². The van der Waals surface area contributed by atoms with Crippen molar-refractivity contribution in [2.45, 2.75) is 63.8 Å². The van der Waals surface area contributed by atoms with E-state index in [2.05, 4.69) is 34.5 Å². The molecule has 1 saturated heterocycles. The Labute approximate surface area is 188 Å². The zero-order valence-corrected chi connectivity index (χ0v) is 18.4. The first-order chi connectivity index (χ1) is 15.7. The number of aryl methyl sites for hydroxylation is 3. The van der Waals surface area contributed by atoms with Gasteiger partial charge in [0.05, 0.1) is 6.04 Å². The molecule has 0 saturated carbocycles. The van der Waals surface area contributed by atoms with Gasteiger partial charge in [0.1, 0.15) is 5.82 Å². The summed E-state index contributed by atoms with van der Waals surface area (Å²) in [6.07, 6.45) is 7.62. The molecule has 0 N–H and O–H groups in total. The lowest BCUT2D eigenvalue weighted by Crippen LogP contribution is -2.38. The highest BCUT2D eigenvalue weighted by Crippen LogP contribution is 2.31. The Morgan fingerprint density at radius 3 is 2.44 bits per heavy atom. The van der Waals surface area contributed by atoms with E-state index in [-0.39, 0.29) is 17.8 Å². The highest BCUT2D eigenvalue weighted by molar-refractivity contribution is 5.77. The Hall–Kier alpha value is -3.02. The Bertz CT molecular complexity index is 988. The number of hydrogen-bond acceptors (Lipinski definition) is 4. The van der Waals surface area contributed by atoms with Crippen molar-refractivity contribution >= 4 is 5.91 Å². The fourth-order valence-corrected chi connectivity index (χ4v) is 4.36. The van der Waals surface area contributed by atoms with Gasteiger partial charge < -0.3 is 9.32 Å². The van der Waals surface area contributed by atoms with Crippen LogP contribution in [-0.4, -0.2) is 27.5 Å². The fourth-order valence-electron chi connectivity index (χ4n) is 4.36. The van der Waals surface area contributed by atoms with E-state index in [0.717, 1.165) is 57.1 Å². The van der Waals surface area contributed by atoms with Crippen molar-refractivity contribution in [2.24, 2.45) is 0 Å². The van der Waals surface area contributed by atoms with E-state index in [1.807, 2.05) is 11.0 Å². The minimum atomic E-state index is -0.255. The molecule has 0 spiro atoms. The molecule has 1 aromatic heterocycles. The van der Waals surface area contributed by atoms with Gasteiger partial charge in [0, 0.05) is 25.8 Å². The van der Waals surface area contributed by atoms with Crippen LogP contribution >= 0.6 is 0 Å². The van der Waals surface area contributed by atoms with Gasteiger partial charge in [0.2, 0.25) is 17.7 Å². The second-order valence-electron chi connectivity index (χ2n) is 8.43. The summed E-state index contributed by atoms with van der Waals surface area (Å²) in [6.45, 7) is 0.734. The molecule has 2 heterocycles. The van der Waals surface area contributed by atoms with Crippen LogP contribution in [0.4, 0.5) is 4.39 Å². The van der Waals surface area contributed by atoms with E-state index in [1.54, 1.807) is 12.1 Å². The maximum absolute atomic E-state index is 13.3. The first kappa shape index (κ1) is 22.2. The maximum atomic E-state index is 13.3. The normalized spacial score (nSPS) is 16.3. The van der Waals surface area contributed by atoms with Crippen LogP contribution in [0.3, 0.4) is 0 Å². The molecule has 0 bridgehead atoms. The lowest BCUT2D eigenvalue weighted by atomic mass is 9.94. The number of halogens is 1. The zero-order chi connectivity index (χ0) is 22.2. The molecule has 0 aliphatic carbocycles. The van der Waals surface area contributed by atoms with Crippen molar-refractivity contribution in [3.8, 4) is 0 Å². The fraction of sp³-hybridized carbons (Fsp3) is 0.423. The quantitative estimate of drug-likeness (QED) is 0.419. The van der Waals surface area contributed by atoms with Crippen LogP contribution in [0.2, 0.25) is 0 Å². The number of benzene rings is 2. The molecular weight excluding hydrogens is 405 g/mol. The molecule has 0 unspecified atom stereocenters. The van der Waals surface area contributed by atoms with E-state index < -0.39 is 0 Å². The minimum absolute atomic E-state index is 0.0136. The van der Waals surface area contributed by atoms with Gasteiger partial charge in [-0.1, -0.05) is 42.5 Å². The van der Waals surface area contributed by atoms with Crippen molar-refractivity contribution in [1.82, 2.24) is 15.1 Å². The zero-order valence-electron chi connectivity index (χ0n) is 18.4. The van der Waals surface area contributed by atoms with Crippen LogP contribution in [0.1, 0.15) is 67.5 Å². The second kappa shape index (κ2) is 11.0. The van der Waals surface area contributed by atoms with E-state index in [0.29, 0.717) is 24.6 Å². The Balaban J connectivity index is 1.24. The summed E-state index contributed by atoms with van der Waals surface area (Å²) in [6, 6.07) is 17.0. The smallest absolute Gasteiger partial charge is 0.223 e. The third-order valence-corrected chi connectivity index (χ3v) is 6.09. The van der Waals surface area contributed by atoms with Crippen LogP contribution in [0.25, 0.3) is 0 Å². The number of carbonyl (C=O) groups is 1. The van der Waals surface area contributed by atoms with Crippen molar-refractivity contribution in [3.05, 3.63) is 83.3 Å². The Morgan fingerprint density at radius 2 is 1.66 bits per heavy atom. The Morgan fingerprint density at radius 1 is 0.938 bits per heavy atom. The summed E-state index contributed by atoms with van der Waals surface area (Å²) >= 11 is 0.